The highest BCUT2D eigenvalue weighted by molar-refractivity contribution is 5.50. The summed E-state index contributed by atoms with van der Waals surface area (Å²) < 4.78 is 0. The molecule has 0 fully saturated rings. The Balaban J connectivity index is 1.75. The Hall–Kier alpha value is -2.46. The van der Waals surface area contributed by atoms with Crippen molar-refractivity contribution in [2.45, 2.75) is 44.4 Å². The molecule has 0 unspecified atom stereocenters. The van der Waals surface area contributed by atoms with Crippen LogP contribution in [0.5, 0.6) is 5.75 Å². The number of rotatable bonds is 6. The largest absolute Gasteiger partial charge is 0.508 e. The van der Waals surface area contributed by atoms with Gasteiger partial charge in [0.05, 0.1) is 6.61 Å². The average Bonchev–Trinajstić information content (AvgIpc) is 2.72. The average molecular weight is 393 g/mol. The number of phenolic OH excluding ortho intramolecular Hbond substituents is 1. The summed E-state index contributed by atoms with van der Waals surface area (Å²) in [5, 5.41) is 10.1. The zero-order valence-corrected chi connectivity index (χ0v) is 17.7. The lowest BCUT2D eigenvalue weighted by Crippen LogP contribution is -2.44. The molecule has 2 aliphatic carbocycles. The van der Waals surface area contributed by atoms with E-state index in [1.165, 1.54) is 28.1 Å². The predicted octanol–water partition coefficient (Wildman–Crippen LogP) is 4.72. The lowest BCUT2D eigenvalue weighted by atomic mass is 9.56. The number of hydrogen-bond donors (Lipinski definition) is 2. The molecular formula is C25H32N2O2. The van der Waals surface area contributed by atoms with Crippen molar-refractivity contribution in [3.8, 4) is 5.75 Å². The molecule has 0 radical (unpaired) electrons. The number of phenols is 1. The standard InChI is InChI=1S/C25H32N2O2/c1-4-29-26-21-12-13-25(17-18-6-5-7-22(14-18)27(2)3)20(16-21)9-8-19-15-23(28)10-11-24(19)25/h5-7,10-11,14-16,20,26,28H,4,8-9,12-13,17H2,1-3H3/t20-,25+/m1/s1. The number of hydroxylamine groups is 1. The van der Waals surface area contributed by atoms with Gasteiger partial charge in [-0.1, -0.05) is 24.3 Å². The van der Waals surface area contributed by atoms with Crippen LogP contribution < -0.4 is 10.4 Å². The van der Waals surface area contributed by atoms with Gasteiger partial charge >= 0.3 is 0 Å². The van der Waals surface area contributed by atoms with Crippen molar-refractivity contribution in [1.29, 1.82) is 0 Å². The molecule has 29 heavy (non-hydrogen) atoms. The van der Waals surface area contributed by atoms with Gasteiger partial charge in [0.15, 0.2) is 0 Å². The van der Waals surface area contributed by atoms with Crippen molar-refractivity contribution in [3.05, 3.63) is 70.9 Å². The van der Waals surface area contributed by atoms with E-state index in [1.54, 1.807) is 0 Å². The Morgan fingerprint density at radius 1 is 1.17 bits per heavy atom. The highest BCUT2D eigenvalue weighted by Gasteiger charge is 2.45. The van der Waals surface area contributed by atoms with Gasteiger partial charge in [0.2, 0.25) is 0 Å². The van der Waals surface area contributed by atoms with Crippen LogP contribution in [0.25, 0.3) is 0 Å². The lowest BCUT2D eigenvalue weighted by Gasteiger charge is -2.48. The summed E-state index contributed by atoms with van der Waals surface area (Å²) in [6.45, 7) is 2.66. The summed E-state index contributed by atoms with van der Waals surface area (Å²) in [7, 11) is 4.18. The molecule has 0 bridgehead atoms. The van der Waals surface area contributed by atoms with Gasteiger partial charge in [-0.25, -0.2) is 0 Å². The van der Waals surface area contributed by atoms with Crippen molar-refractivity contribution in [1.82, 2.24) is 5.48 Å². The summed E-state index contributed by atoms with van der Waals surface area (Å²) in [5.74, 6) is 0.830. The zero-order chi connectivity index (χ0) is 20.4. The molecule has 4 nitrogen and oxygen atoms in total. The second kappa shape index (κ2) is 8.11. The van der Waals surface area contributed by atoms with Crippen LogP contribution in [0.4, 0.5) is 5.69 Å². The second-order valence-corrected chi connectivity index (χ2v) is 8.61. The molecular weight excluding hydrogens is 360 g/mol. The predicted molar refractivity (Wildman–Crippen MR) is 118 cm³/mol. The van der Waals surface area contributed by atoms with E-state index >= 15 is 0 Å². The van der Waals surface area contributed by atoms with E-state index in [9.17, 15) is 5.11 Å². The van der Waals surface area contributed by atoms with E-state index in [0.717, 1.165) is 32.1 Å². The normalized spacial score (nSPS) is 23.0. The van der Waals surface area contributed by atoms with Crippen molar-refractivity contribution in [3.63, 3.8) is 0 Å². The van der Waals surface area contributed by atoms with Crippen molar-refractivity contribution < 1.29 is 9.94 Å². The third-order valence-electron chi connectivity index (χ3n) is 6.60. The molecule has 2 aromatic carbocycles. The van der Waals surface area contributed by atoms with Gasteiger partial charge in [0.25, 0.3) is 0 Å². The van der Waals surface area contributed by atoms with Crippen LogP contribution >= 0.6 is 0 Å². The zero-order valence-electron chi connectivity index (χ0n) is 17.7. The van der Waals surface area contributed by atoms with Crippen LogP contribution in [0.15, 0.2) is 54.2 Å². The highest BCUT2D eigenvalue weighted by Crippen LogP contribution is 2.51. The summed E-state index contributed by atoms with van der Waals surface area (Å²) in [6, 6.07) is 14.9. The van der Waals surface area contributed by atoms with Gasteiger partial charge in [-0.05, 0) is 85.9 Å². The van der Waals surface area contributed by atoms with Gasteiger partial charge in [0.1, 0.15) is 5.75 Å². The van der Waals surface area contributed by atoms with E-state index in [4.69, 9.17) is 4.84 Å². The van der Waals surface area contributed by atoms with Gasteiger partial charge in [-0.2, -0.15) is 0 Å². The first kappa shape index (κ1) is 19.8. The summed E-state index contributed by atoms with van der Waals surface area (Å²) in [6.07, 6.45) is 7.57. The molecule has 4 rings (SSSR count). The summed E-state index contributed by atoms with van der Waals surface area (Å²) >= 11 is 0. The topological polar surface area (TPSA) is 44.7 Å². The van der Waals surface area contributed by atoms with Gasteiger partial charge in [0, 0.05) is 30.9 Å². The van der Waals surface area contributed by atoms with Gasteiger partial charge in [-0.3, -0.25) is 10.3 Å². The first-order valence-electron chi connectivity index (χ1n) is 10.7. The van der Waals surface area contributed by atoms with Crippen molar-refractivity contribution in [2.24, 2.45) is 5.92 Å². The Labute approximate surface area is 174 Å². The minimum absolute atomic E-state index is 0.0591. The number of anilines is 1. The minimum Gasteiger partial charge on any atom is -0.508 e. The third kappa shape index (κ3) is 3.86. The molecule has 2 atom stereocenters. The molecule has 0 saturated carbocycles. The fourth-order valence-corrected chi connectivity index (χ4v) is 5.18. The van der Waals surface area contributed by atoms with Gasteiger partial charge < -0.3 is 10.0 Å². The highest BCUT2D eigenvalue weighted by atomic mass is 16.6. The van der Waals surface area contributed by atoms with Gasteiger partial charge in [-0.15, -0.1) is 0 Å². The molecule has 0 spiro atoms. The number of hydrogen-bond acceptors (Lipinski definition) is 4. The first-order chi connectivity index (χ1) is 14.0. The van der Waals surface area contributed by atoms with Crippen LogP contribution in [-0.4, -0.2) is 25.8 Å². The fraction of sp³-hybridized carbons (Fsp3) is 0.440. The molecule has 0 amide bonds. The lowest BCUT2D eigenvalue weighted by molar-refractivity contribution is 0.0653. The number of aryl methyl sites for hydroxylation is 1. The smallest absolute Gasteiger partial charge is 0.115 e. The molecule has 154 valence electrons. The maximum atomic E-state index is 10.1. The van der Waals surface area contributed by atoms with E-state index < -0.39 is 0 Å². The number of benzene rings is 2. The third-order valence-corrected chi connectivity index (χ3v) is 6.60. The molecule has 2 N–H and O–H groups in total. The Kier molecular flexibility index (Phi) is 5.55. The number of allylic oxidation sites excluding steroid dienone is 2. The van der Waals surface area contributed by atoms with Crippen LogP contribution in [0, 0.1) is 5.92 Å². The number of nitrogens with zero attached hydrogens (tertiary/aromatic N) is 1. The van der Waals surface area contributed by atoms with Crippen LogP contribution in [0.1, 0.15) is 42.9 Å². The molecule has 0 heterocycles. The molecule has 2 aliphatic rings. The van der Waals surface area contributed by atoms with E-state index in [2.05, 4.69) is 60.9 Å². The van der Waals surface area contributed by atoms with Crippen LogP contribution in [0.3, 0.4) is 0 Å². The number of aromatic hydroxyl groups is 1. The minimum atomic E-state index is 0.0591. The quantitative estimate of drug-likeness (QED) is 0.698. The van der Waals surface area contributed by atoms with E-state index in [1.807, 2.05) is 19.1 Å². The Bertz CT molecular complexity index is 905. The first-order valence-corrected chi connectivity index (χ1v) is 10.7. The number of nitrogens with one attached hydrogen (secondary N) is 1. The molecule has 4 heteroatoms. The molecule has 0 aliphatic heterocycles. The van der Waals surface area contributed by atoms with Crippen molar-refractivity contribution in [2.75, 3.05) is 25.6 Å². The fourth-order valence-electron chi connectivity index (χ4n) is 5.18. The Morgan fingerprint density at radius 2 is 2.03 bits per heavy atom. The van der Waals surface area contributed by atoms with Crippen LogP contribution in [0.2, 0.25) is 0 Å². The second-order valence-electron chi connectivity index (χ2n) is 8.61. The maximum Gasteiger partial charge on any atom is 0.115 e. The molecule has 0 aromatic heterocycles. The molecule has 2 aromatic rings. The maximum absolute atomic E-state index is 10.1. The Morgan fingerprint density at radius 3 is 2.83 bits per heavy atom. The number of fused-ring (bicyclic) bond motifs is 3. The van der Waals surface area contributed by atoms with E-state index in [0.29, 0.717) is 18.3 Å². The summed E-state index contributed by atoms with van der Waals surface area (Å²) in [5.41, 5.74) is 9.75. The van der Waals surface area contributed by atoms with E-state index in [-0.39, 0.29) is 5.41 Å². The summed E-state index contributed by atoms with van der Waals surface area (Å²) in [4.78, 5) is 7.64. The molecule has 0 saturated heterocycles. The SMILES string of the molecule is CCONC1=C[C@H]2CCc3cc(O)ccc3[C@]2(Cc2cccc(N(C)C)c2)CC1. The van der Waals surface area contributed by atoms with Crippen LogP contribution in [-0.2, 0) is 23.1 Å². The monoisotopic (exact) mass is 392 g/mol. The van der Waals surface area contributed by atoms with Crippen molar-refractivity contribution >= 4 is 5.69 Å².